The molecule has 0 saturated carbocycles. The molecule has 2 aromatic rings. The highest BCUT2D eigenvalue weighted by atomic mass is 16.5. The number of rotatable bonds is 6. The number of guanidine groups is 1. The molecule has 8 nitrogen and oxygen atoms in total. The maximum Gasteiger partial charge on any atom is 0.246 e. The van der Waals surface area contributed by atoms with Crippen molar-refractivity contribution in [1.82, 2.24) is 10.2 Å². The van der Waals surface area contributed by atoms with Crippen LogP contribution in [0.4, 0.5) is 11.4 Å². The summed E-state index contributed by atoms with van der Waals surface area (Å²) in [6.45, 7) is 2.09. The summed E-state index contributed by atoms with van der Waals surface area (Å²) in [7, 11) is 0. The van der Waals surface area contributed by atoms with Crippen LogP contribution >= 0.6 is 0 Å². The molecule has 154 valence electrons. The van der Waals surface area contributed by atoms with Gasteiger partial charge in [-0.3, -0.25) is 14.9 Å². The van der Waals surface area contributed by atoms with Gasteiger partial charge in [-0.1, -0.05) is 18.2 Å². The summed E-state index contributed by atoms with van der Waals surface area (Å²) in [6, 6.07) is 13.4. The molecule has 0 spiro atoms. The molecule has 1 atom stereocenters. The van der Waals surface area contributed by atoms with Gasteiger partial charge in [0.2, 0.25) is 17.8 Å². The van der Waals surface area contributed by atoms with Crippen molar-refractivity contribution < 1.29 is 14.3 Å². The molecule has 3 aliphatic heterocycles. The molecule has 2 aromatic carbocycles. The maximum atomic E-state index is 12.1. The van der Waals surface area contributed by atoms with E-state index in [4.69, 9.17) is 10.5 Å². The van der Waals surface area contributed by atoms with Crippen LogP contribution in [0.3, 0.4) is 0 Å². The van der Waals surface area contributed by atoms with E-state index in [-0.39, 0.29) is 11.8 Å². The van der Waals surface area contributed by atoms with Crippen molar-refractivity contribution in [1.29, 1.82) is 0 Å². The van der Waals surface area contributed by atoms with E-state index in [1.807, 2.05) is 41.3 Å². The van der Waals surface area contributed by atoms with E-state index in [9.17, 15) is 9.59 Å². The SMILES string of the molecule is NC(=O)C(CCOc1ccc2c(c1)CN1CC(=O)NC1=N2)N1CCc2ccccc21. The molecule has 1 fully saturated rings. The fraction of sp³-hybridized carbons (Fsp3) is 0.318. The van der Waals surface area contributed by atoms with Crippen LogP contribution in [0.1, 0.15) is 17.5 Å². The van der Waals surface area contributed by atoms with Crippen molar-refractivity contribution in [2.75, 3.05) is 24.6 Å². The molecule has 1 unspecified atom stereocenters. The molecule has 3 N–H and O–H groups in total. The lowest BCUT2D eigenvalue weighted by atomic mass is 10.1. The number of anilines is 1. The number of para-hydroxylation sites is 1. The first kappa shape index (κ1) is 18.5. The van der Waals surface area contributed by atoms with Gasteiger partial charge in [0.25, 0.3) is 0 Å². The first-order chi connectivity index (χ1) is 14.6. The molecule has 3 aliphatic rings. The lowest BCUT2D eigenvalue weighted by molar-refractivity contribution is -0.120. The molecule has 0 aromatic heterocycles. The van der Waals surface area contributed by atoms with Crippen molar-refractivity contribution in [2.45, 2.75) is 25.4 Å². The minimum Gasteiger partial charge on any atom is -0.493 e. The summed E-state index contributed by atoms with van der Waals surface area (Å²) >= 11 is 0. The molecular weight excluding hydrogens is 382 g/mol. The number of hydrogen-bond acceptors (Lipinski definition) is 6. The predicted molar refractivity (Wildman–Crippen MR) is 113 cm³/mol. The van der Waals surface area contributed by atoms with Gasteiger partial charge in [-0.05, 0) is 36.2 Å². The maximum absolute atomic E-state index is 12.1. The number of amides is 2. The monoisotopic (exact) mass is 405 g/mol. The van der Waals surface area contributed by atoms with Gasteiger partial charge in [0.15, 0.2) is 0 Å². The number of ether oxygens (including phenoxy) is 1. The average molecular weight is 405 g/mol. The van der Waals surface area contributed by atoms with E-state index in [1.54, 1.807) is 0 Å². The number of benzene rings is 2. The van der Waals surface area contributed by atoms with Crippen molar-refractivity contribution in [3.63, 3.8) is 0 Å². The molecular formula is C22H23N5O3. The van der Waals surface area contributed by atoms with Crippen LogP contribution in [0, 0.1) is 0 Å². The van der Waals surface area contributed by atoms with Crippen LogP contribution in [-0.4, -0.2) is 48.4 Å². The van der Waals surface area contributed by atoms with Crippen LogP contribution in [-0.2, 0) is 22.6 Å². The van der Waals surface area contributed by atoms with Crippen molar-refractivity contribution in [2.24, 2.45) is 10.7 Å². The Morgan fingerprint density at radius 3 is 2.93 bits per heavy atom. The van der Waals surface area contributed by atoms with E-state index >= 15 is 0 Å². The summed E-state index contributed by atoms with van der Waals surface area (Å²) in [5.41, 5.74) is 9.88. The minimum absolute atomic E-state index is 0.0426. The molecule has 30 heavy (non-hydrogen) atoms. The van der Waals surface area contributed by atoms with E-state index in [2.05, 4.69) is 21.3 Å². The van der Waals surface area contributed by atoms with Crippen LogP contribution in [0.5, 0.6) is 5.75 Å². The Bertz CT molecular complexity index is 1050. The Morgan fingerprint density at radius 2 is 2.07 bits per heavy atom. The lowest BCUT2D eigenvalue weighted by Gasteiger charge is -2.28. The van der Waals surface area contributed by atoms with E-state index < -0.39 is 6.04 Å². The molecule has 0 radical (unpaired) electrons. The quantitative estimate of drug-likeness (QED) is 0.755. The third-order valence-electron chi connectivity index (χ3n) is 5.81. The Morgan fingerprint density at radius 1 is 1.20 bits per heavy atom. The van der Waals surface area contributed by atoms with Crippen LogP contribution < -0.4 is 20.7 Å². The minimum atomic E-state index is -0.403. The largest absolute Gasteiger partial charge is 0.493 e. The normalized spacial score (nSPS) is 17.6. The summed E-state index contributed by atoms with van der Waals surface area (Å²) in [5, 5.41) is 2.76. The van der Waals surface area contributed by atoms with Crippen LogP contribution in [0.25, 0.3) is 0 Å². The smallest absolute Gasteiger partial charge is 0.246 e. The van der Waals surface area contributed by atoms with Crippen molar-refractivity contribution in [3.05, 3.63) is 53.6 Å². The van der Waals surface area contributed by atoms with E-state index in [1.165, 1.54) is 5.56 Å². The van der Waals surface area contributed by atoms with Crippen molar-refractivity contribution in [3.8, 4) is 5.75 Å². The number of fused-ring (bicyclic) bond motifs is 3. The average Bonchev–Trinajstić information content (AvgIpc) is 3.31. The summed E-state index contributed by atoms with van der Waals surface area (Å²) in [4.78, 5) is 32.2. The summed E-state index contributed by atoms with van der Waals surface area (Å²) < 4.78 is 5.95. The zero-order valence-electron chi connectivity index (χ0n) is 16.5. The summed E-state index contributed by atoms with van der Waals surface area (Å²) in [5.74, 6) is 0.945. The highest BCUT2D eigenvalue weighted by molar-refractivity contribution is 6.05. The molecule has 1 saturated heterocycles. The number of primary amides is 1. The number of nitrogens with one attached hydrogen (secondary N) is 1. The molecule has 3 heterocycles. The molecule has 0 aliphatic carbocycles. The topological polar surface area (TPSA) is 100 Å². The Balaban J connectivity index is 1.24. The van der Waals surface area contributed by atoms with Gasteiger partial charge in [-0.25, -0.2) is 4.99 Å². The second-order valence-corrected chi connectivity index (χ2v) is 7.76. The van der Waals surface area contributed by atoms with Gasteiger partial charge in [0.05, 0.1) is 12.3 Å². The zero-order chi connectivity index (χ0) is 20.7. The third kappa shape index (κ3) is 3.34. The fourth-order valence-corrected chi connectivity index (χ4v) is 4.36. The standard InChI is InChI=1S/C22H23N5O3/c23-21(29)19(27-9-7-14-3-1-2-4-18(14)27)8-10-30-16-5-6-17-15(11-16)12-26-13-20(28)25-22(26)24-17/h1-6,11,19H,7-10,12-13H2,(H2,23,29)(H,24,25,28). The van der Waals surface area contributed by atoms with Gasteiger partial charge < -0.3 is 20.3 Å². The molecule has 5 rings (SSSR count). The molecule has 2 amide bonds. The number of nitrogens with two attached hydrogens (primary N) is 1. The number of hydrogen-bond donors (Lipinski definition) is 2. The zero-order valence-corrected chi connectivity index (χ0v) is 16.5. The van der Waals surface area contributed by atoms with E-state index in [0.717, 1.165) is 35.7 Å². The van der Waals surface area contributed by atoms with Gasteiger partial charge in [0.1, 0.15) is 18.3 Å². The van der Waals surface area contributed by atoms with Crippen molar-refractivity contribution >= 4 is 29.1 Å². The van der Waals surface area contributed by atoms with Crippen LogP contribution in [0.15, 0.2) is 47.5 Å². The van der Waals surface area contributed by atoms with E-state index in [0.29, 0.717) is 32.1 Å². The fourth-order valence-electron chi connectivity index (χ4n) is 4.36. The number of carbonyl (C=O) groups excluding carboxylic acids is 2. The lowest BCUT2D eigenvalue weighted by Crippen LogP contribution is -2.45. The third-order valence-corrected chi connectivity index (χ3v) is 5.81. The van der Waals surface area contributed by atoms with Gasteiger partial charge in [-0.2, -0.15) is 0 Å². The highest BCUT2D eigenvalue weighted by Crippen LogP contribution is 2.32. The highest BCUT2D eigenvalue weighted by Gasteiger charge is 2.30. The Labute approximate surface area is 174 Å². The molecule has 8 heteroatoms. The second kappa shape index (κ2) is 7.37. The summed E-state index contributed by atoms with van der Waals surface area (Å²) in [6.07, 6.45) is 1.43. The van der Waals surface area contributed by atoms with Crippen LogP contribution in [0.2, 0.25) is 0 Å². The second-order valence-electron chi connectivity index (χ2n) is 7.76. The Kier molecular flexibility index (Phi) is 4.54. The number of carbonyl (C=O) groups is 2. The molecule has 0 bridgehead atoms. The first-order valence-corrected chi connectivity index (χ1v) is 10.1. The Hall–Kier alpha value is -3.55. The number of aliphatic imine (C=N–C) groups is 1. The van der Waals surface area contributed by atoms with Gasteiger partial charge in [0, 0.05) is 30.8 Å². The number of nitrogens with zero attached hydrogens (tertiary/aromatic N) is 3. The predicted octanol–water partition coefficient (Wildman–Crippen LogP) is 1.31. The first-order valence-electron chi connectivity index (χ1n) is 10.1. The van der Waals surface area contributed by atoms with Gasteiger partial charge >= 0.3 is 0 Å². The van der Waals surface area contributed by atoms with Gasteiger partial charge in [-0.15, -0.1) is 0 Å².